The summed E-state index contributed by atoms with van der Waals surface area (Å²) in [5, 5.41) is 7.35. The molecule has 7 heteroatoms. The summed E-state index contributed by atoms with van der Waals surface area (Å²) in [6.45, 7) is 1.84. The van der Waals surface area contributed by atoms with Crippen molar-refractivity contribution in [3.8, 4) is 11.4 Å². The van der Waals surface area contributed by atoms with Crippen molar-refractivity contribution < 1.29 is 4.79 Å². The number of amides is 1. The number of nitrogens with zero attached hydrogens (tertiary/aromatic N) is 2. The number of hydrogen-bond acceptors (Lipinski definition) is 4. The van der Waals surface area contributed by atoms with Gasteiger partial charge in [-0.25, -0.2) is 4.98 Å². The molecule has 1 aromatic carbocycles. The van der Waals surface area contributed by atoms with Crippen LogP contribution in [0.1, 0.15) is 23.2 Å². The third-order valence-corrected chi connectivity index (χ3v) is 4.52. The number of halogens is 2. The third kappa shape index (κ3) is 4.75. The molecule has 0 aliphatic carbocycles. The van der Waals surface area contributed by atoms with Crippen LogP contribution in [0.2, 0.25) is 0 Å². The molecule has 0 bridgehead atoms. The SMILES string of the molecule is Cl.Cl.O=C(N[C@H]1CCCNC1)c1cc(-c2ccccn2)nc2ccccc12. The summed E-state index contributed by atoms with van der Waals surface area (Å²) in [6, 6.07) is 15.5. The first kappa shape index (κ1) is 21.1. The smallest absolute Gasteiger partial charge is 0.252 e. The molecule has 1 aliphatic heterocycles. The van der Waals surface area contributed by atoms with E-state index in [0.29, 0.717) is 11.3 Å². The molecule has 4 rings (SSSR count). The summed E-state index contributed by atoms with van der Waals surface area (Å²) >= 11 is 0. The van der Waals surface area contributed by atoms with E-state index in [0.717, 1.165) is 42.5 Å². The predicted octanol–water partition coefficient (Wildman–Crippen LogP) is 3.62. The highest BCUT2D eigenvalue weighted by molar-refractivity contribution is 6.07. The minimum atomic E-state index is -0.0514. The number of fused-ring (bicyclic) bond motifs is 1. The van der Waals surface area contributed by atoms with Crippen molar-refractivity contribution in [1.82, 2.24) is 20.6 Å². The van der Waals surface area contributed by atoms with Crippen LogP contribution < -0.4 is 10.6 Å². The Bertz CT molecular complexity index is 899. The van der Waals surface area contributed by atoms with Crippen LogP contribution in [0.4, 0.5) is 0 Å². The minimum Gasteiger partial charge on any atom is -0.348 e. The van der Waals surface area contributed by atoms with Gasteiger partial charge in [-0.05, 0) is 43.7 Å². The molecule has 1 amide bonds. The lowest BCUT2D eigenvalue weighted by Crippen LogP contribution is -2.45. The highest BCUT2D eigenvalue weighted by atomic mass is 35.5. The first-order valence-corrected chi connectivity index (χ1v) is 8.64. The first-order chi connectivity index (χ1) is 12.3. The molecule has 0 radical (unpaired) electrons. The summed E-state index contributed by atoms with van der Waals surface area (Å²) < 4.78 is 0. The van der Waals surface area contributed by atoms with Crippen molar-refractivity contribution in [2.24, 2.45) is 0 Å². The Morgan fingerprint density at radius 2 is 1.89 bits per heavy atom. The number of para-hydroxylation sites is 1. The van der Waals surface area contributed by atoms with E-state index in [1.807, 2.05) is 48.5 Å². The molecule has 3 aromatic rings. The molecule has 0 spiro atoms. The monoisotopic (exact) mass is 404 g/mol. The van der Waals surface area contributed by atoms with E-state index in [4.69, 9.17) is 0 Å². The second kappa shape index (κ2) is 9.65. The zero-order valence-corrected chi connectivity index (χ0v) is 16.4. The van der Waals surface area contributed by atoms with Crippen LogP contribution in [0, 0.1) is 0 Å². The molecule has 3 heterocycles. The van der Waals surface area contributed by atoms with Crippen molar-refractivity contribution in [2.75, 3.05) is 13.1 Å². The van der Waals surface area contributed by atoms with Crippen molar-refractivity contribution in [2.45, 2.75) is 18.9 Å². The van der Waals surface area contributed by atoms with Gasteiger partial charge in [0, 0.05) is 24.2 Å². The van der Waals surface area contributed by atoms with Gasteiger partial charge in [-0.1, -0.05) is 24.3 Å². The van der Waals surface area contributed by atoms with Crippen LogP contribution in [0.25, 0.3) is 22.3 Å². The Morgan fingerprint density at radius 3 is 2.63 bits per heavy atom. The van der Waals surface area contributed by atoms with Gasteiger partial charge in [0.1, 0.15) is 0 Å². The second-order valence-corrected chi connectivity index (χ2v) is 6.30. The van der Waals surface area contributed by atoms with Crippen molar-refractivity contribution in [3.63, 3.8) is 0 Å². The number of carbonyl (C=O) groups excluding carboxylic acids is 1. The topological polar surface area (TPSA) is 66.9 Å². The number of carbonyl (C=O) groups is 1. The zero-order chi connectivity index (χ0) is 17.1. The van der Waals surface area contributed by atoms with E-state index in [9.17, 15) is 4.79 Å². The standard InChI is InChI=1S/C20H20N4O.2ClH/c25-20(23-14-6-5-10-21-13-14)16-12-19(18-9-3-4-11-22-18)24-17-8-2-1-7-15(16)17;;/h1-4,7-9,11-12,14,21H,5-6,10,13H2,(H,23,25);2*1H/t14-;;/m0../s1. The Kier molecular flexibility index (Phi) is 7.54. The van der Waals surface area contributed by atoms with Crippen LogP contribution in [-0.2, 0) is 0 Å². The minimum absolute atomic E-state index is 0. The average molecular weight is 405 g/mol. The molecule has 0 saturated carbocycles. The van der Waals surface area contributed by atoms with Gasteiger partial charge < -0.3 is 10.6 Å². The lowest BCUT2D eigenvalue weighted by atomic mass is 10.0. The third-order valence-electron chi connectivity index (χ3n) is 4.52. The highest BCUT2D eigenvalue weighted by Gasteiger charge is 2.19. The summed E-state index contributed by atoms with van der Waals surface area (Å²) in [7, 11) is 0. The zero-order valence-electron chi connectivity index (χ0n) is 14.7. The van der Waals surface area contributed by atoms with E-state index in [1.165, 1.54) is 0 Å². The van der Waals surface area contributed by atoms with Gasteiger partial charge in [-0.2, -0.15) is 0 Å². The molecule has 0 unspecified atom stereocenters. The van der Waals surface area contributed by atoms with Gasteiger partial charge in [-0.15, -0.1) is 24.8 Å². The summed E-state index contributed by atoms with van der Waals surface area (Å²) in [5.74, 6) is -0.0514. The van der Waals surface area contributed by atoms with Crippen LogP contribution in [0.3, 0.4) is 0 Å². The molecule has 142 valence electrons. The van der Waals surface area contributed by atoms with Gasteiger partial charge in [0.15, 0.2) is 0 Å². The maximum absolute atomic E-state index is 12.9. The summed E-state index contributed by atoms with van der Waals surface area (Å²) in [6.07, 6.45) is 3.83. The predicted molar refractivity (Wildman–Crippen MR) is 113 cm³/mol. The number of nitrogens with one attached hydrogen (secondary N) is 2. The van der Waals surface area contributed by atoms with Gasteiger partial charge in [0.25, 0.3) is 5.91 Å². The Labute approximate surface area is 170 Å². The molecular formula is C20H22Cl2N4O. The molecular weight excluding hydrogens is 383 g/mol. The second-order valence-electron chi connectivity index (χ2n) is 6.30. The highest BCUT2D eigenvalue weighted by Crippen LogP contribution is 2.23. The van der Waals surface area contributed by atoms with E-state index in [2.05, 4.69) is 20.6 Å². The fraction of sp³-hybridized carbons (Fsp3) is 0.250. The average Bonchev–Trinajstić information content (AvgIpc) is 2.68. The Morgan fingerprint density at radius 1 is 1.07 bits per heavy atom. The molecule has 1 fully saturated rings. The first-order valence-electron chi connectivity index (χ1n) is 8.64. The van der Waals surface area contributed by atoms with Crippen molar-refractivity contribution in [3.05, 3.63) is 60.3 Å². The van der Waals surface area contributed by atoms with Gasteiger partial charge in [0.05, 0.1) is 22.5 Å². The molecule has 1 atom stereocenters. The maximum Gasteiger partial charge on any atom is 0.252 e. The largest absolute Gasteiger partial charge is 0.348 e. The molecule has 1 saturated heterocycles. The number of pyridine rings is 2. The number of hydrogen-bond donors (Lipinski definition) is 2. The molecule has 5 nitrogen and oxygen atoms in total. The molecule has 27 heavy (non-hydrogen) atoms. The number of aromatic nitrogens is 2. The van der Waals surface area contributed by atoms with E-state index >= 15 is 0 Å². The van der Waals surface area contributed by atoms with Crippen molar-refractivity contribution >= 4 is 41.6 Å². The van der Waals surface area contributed by atoms with E-state index in [-0.39, 0.29) is 36.8 Å². The number of benzene rings is 1. The van der Waals surface area contributed by atoms with E-state index in [1.54, 1.807) is 6.20 Å². The van der Waals surface area contributed by atoms with Crippen LogP contribution in [0.15, 0.2) is 54.7 Å². The van der Waals surface area contributed by atoms with Gasteiger partial charge in [0.2, 0.25) is 0 Å². The fourth-order valence-corrected chi connectivity index (χ4v) is 3.25. The maximum atomic E-state index is 12.9. The summed E-state index contributed by atoms with van der Waals surface area (Å²) in [4.78, 5) is 22.0. The molecule has 2 aromatic heterocycles. The van der Waals surface area contributed by atoms with Gasteiger partial charge >= 0.3 is 0 Å². The number of rotatable bonds is 3. The fourth-order valence-electron chi connectivity index (χ4n) is 3.25. The quantitative estimate of drug-likeness (QED) is 0.699. The van der Waals surface area contributed by atoms with Crippen LogP contribution in [-0.4, -0.2) is 35.0 Å². The van der Waals surface area contributed by atoms with Crippen LogP contribution in [0.5, 0.6) is 0 Å². The van der Waals surface area contributed by atoms with Crippen LogP contribution >= 0.6 is 24.8 Å². The van der Waals surface area contributed by atoms with Crippen molar-refractivity contribution in [1.29, 1.82) is 0 Å². The molecule has 1 aliphatic rings. The molecule has 2 N–H and O–H groups in total. The van der Waals surface area contributed by atoms with Gasteiger partial charge in [-0.3, -0.25) is 9.78 Å². The van der Waals surface area contributed by atoms with E-state index < -0.39 is 0 Å². The Balaban J connectivity index is 0.00000131. The normalized spacial score (nSPS) is 16.1. The summed E-state index contributed by atoms with van der Waals surface area (Å²) in [5.41, 5.74) is 2.93. The Hall–Kier alpha value is -2.21. The lowest BCUT2D eigenvalue weighted by molar-refractivity contribution is 0.0932. The lowest BCUT2D eigenvalue weighted by Gasteiger charge is -2.24. The number of piperidine rings is 1.